The highest BCUT2D eigenvalue weighted by molar-refractivity contribution is 6.30. The summed E-state index contributed by atoms with van der Waals surface area (Å²) >= 11 is 5.75. The summed E-state index contributed by atoms with van der Waals surface area (Å²) in [6.45, 7) is 0.605. The van der Waals surface area contributed by atoms with Crippen LogP contribution in [0.4, 0.5) is 13.2 Å². The van der Waals surface area contributed by atoms with E-state index in [4.69, 9.17) is 11.6 Å². The van der Waals surface area contributed by atoms with Gasteiger partial charge in [0.2, 0.25) is 0 Å². The Morgan fingerprint density at radius 3 is 2.67 bits per heavy atom. The smallest absolute Gasteiger partial charge is 0.269 e. The van der Waals surface area contributed by atoms with Crippen molar-refractivity contribution in [1.29, 1.82) is 0 Å². The van der Waals surface area contributed by atoms with E-state index in [9.17, 15) is 23.1 Å². The molecule has 0 spiro atoms. The van der Waals surface area contributed by atoms with Gasteiger partial charge < -0.3 is 10.0 Å². The van der Waals surface area contributed by atoms with E-state index < -0.39 is 41.8 Å². The van der Waals surface area contributed by atoms with Crippen LogP contribution in [0.25, 0.3) is 0 Å². The summed E-state index contributed by atoms with van der Waals surface area (Å²) in [4.78, 5) is 13.6. The lowest BCUT2D eigenvalue weighted by molar-refractivity contribution is -0.162. The fourth-order valence-electron chi connectivity index (χ4n) is 3.47. The van der Waals surface area contributed by atoms with Gasteiger partial charge in [-0.15, -0.1) is 0 Å². The van der Waals surface area contributed by atoms with Crippen LogP contribution in [0, 0.1) is 11.7 Å². The van der Waals surface area contributed by atoms with Crippen molar-refractivity contribution in [3.63, 3.8) is 0 Å². The number of carbonyl (C=O) groups is 1. The monoisotopic (exact) mass is 361 g/mol. The van der Waals surface area contributed by atoms with Crippen molar-refractivity contribution in [2.45, 2.75) is 50.2 Å². The summed E-state index contributed by atoms with van der Waals surface area (Å²) in [7, 11) is 0. The normalized spacial score (nSPS) is 27.8. The van der Waals surface area contributed by atoms with Crippen molar-refractivity contribution in [1.82, 2.24) is 4.90 Å². The van der Waals surface area contributed by atoms with Gasteiger partial charge in [0.15, 0.2) is 0 Å². The van der Waals surface area contributed by atoms with Crippen LogP contribution in [0.1, 0.15) is 31.7 Å². The molecule has 1 aromatic carbocycles. The first-order chi connectivity index (χ1) is 11.2. The topological polar surface area (TPSA) is 40.5 Å². The molecule has 1 aromatic rings. The molecule has 3 nitrogen and oxygen atoms in total. The Labute approximate surface area is 143 Å². The molecule has 1 aliphatic heterocycles. The van der Waals surface area contributed by atoms with Crippen LogP contribution >= 0.6 is 11.6 Å². The number of carbonyl (C=O) groups excluding carboxylic acids is 1. The maximum absolute atomic E-state index is 14.2. The van der Waals surface area contributed by atoms with Gasteiger partial charge >= 0.3 is 0 Å². The van der Waals surface area contributed by atoms with Crippen LogP contribution in [-0.4, -0.2) is 40.0 Å². The predicted octanol–water partition coefficient (Wildman–Crippen LogP) is 3.42. The Bertz CT molecular complexity index is 663. The fraction of sp³-hybridized carbons (Fsp3) is 0.588. The molecule has 1 N–H and O–H groups in total. The Morgan fingerprint density at radius 2 is 2.08 bits per heavy atom. The summed E-state index contributed by atoms with van der Waals surface area (Å²) in [5, 5.41) is 10.2. The Balaban J connectivity index is 1.90. The number of hydrogen-bond donors (Lipinski definition) is 1. The quantitative estimate of drug-likeness (QED) is 0.896. The summed E-state index contributed by atoms with van der Waals surface area (Å²) in [6, 6.07) is 3.52. The van der Waals surface area contributed by atoms with Crippen LogP contribution < -0.4 is 0 Å². The van der Waals surface area contributed by atoms with E-state index in [1.807, 2.05) is 0 Å². The zero-order valence-electron chi connectivity index (χ0n) is 13.2. The maximum Gasteiger partial charge on any atom is 0.269 e. The predicted molar refractivity (Wildman–Crippen MR) is 83.5 cm³/mol. The van der Waals surface area contributed by atoms with Crippen molar-refractivity contribution < 1.29 is 23.1 Å². The molecule has 24 heavy (non-hydrogen) atoms. The van der Waals surface area contributed by atoms with Crippen LogP contribution in [0.3, 0.4) is 0 Å². The van der Waals surface area contributed by atoms with E-state index in [1.54, 1.807) is 6.07 Å². The van der Waals surface area contributed by atoms with E-state index in [2.05, 4.69) is 0 Å². The van der Waals surface area contributed by atoms with Gasteiger partial charge in [0, 0.05) is 12.0 Å². The molecule has 2 fully saturated rings. The van der Waals surface area contributed by atoms with Crippen LogP contribution in [-0.2, 0) is 11.2 Å². The molecule has 1 saturated heterocycles. The maximum atomic E-state index is 14.2. The third-order valence-corrected chi connectivity index (χ3v) is 5.62. The van der Waals surface area contributed by atoms with E-state index >= 15 is 0 Å². The number of likely N-dealkylation sites (tertiary alicyclic amines) is 1. The first-order valence-electron chi connectivity index (χ1n) is 8.00. The van der Waals surface area contributed by atoms with E-state index in [1.165, 1.54) is 19.1 Å². The molecule has 1 amide bonds. The average Bonchev–Trinajstić information content (AvgIpc) is 2.72. The molecule has 0 bridgehead atoms. The lowest BCUT2D eigenvalue weighted by atomic mass is 9.79. The first-order valence-corrected chi connectivity index (χ1v) is 8.38. The number of halogens is 4. The van der Waals surface area contributed by atoms with Crippen molar-refractivity contribution >= 4 is 17.5 Å². The minimum Gasteiger partial charge on any atom is -0.380 e. The Morgan fingerprint density at radius 1 is 1.42 bits per heavy atom. The van der Waals surface area contributed by atoms with Gasteiger partial charge in [0.05, 0.1) is 11.6 Å². The molecule has 1 heterocycles. The van der Waals surface area contributed by atoms with E-state index in [0.717, 1.165) is 4.90 Å². The standard InChI is InChI=1S/C17H19ClF3NO2/c1-10-13(8-11-4-2-5-12(18)14(11)19)22(9-17(10,20)21)15(23)16(24)6-3-7-16/h2,4-5,10,13,24H,3,6-9H2,1H3/t10-,13+/m1/s1. The van der Waals surface area contributed by atoms with Gasteiger partial charge in [0.1, 0.15) is 11.4 Å². The summed E-state index contributed by atoms with van der Waals surface area (Å²) in [5.41, 5.74) is -1.36. The van der Waals surface area contributed by atoms with E-state index in [0.29, 0.717) is 6.42 Å². The van der Waals surface area contributed by atoms with E-state index in [-0.39, 0.29) is 29.8 Å². The summed E-state index contributed by atoms with van der Waals surface area (Å²) in [5.74, 6) is -5.54. The molecule has 1 aliphatic carbocycles. The number of aliphatic hydroxyl groups is 1. The number of alkyl halides is 2. The van der Waals surface area contributed by atoms with Crippen LogP contribution in [0.5, 0.6) is 0 Å². The number of amides is 1. The average molecular weight is 362 g/mol. The summed E-state index contributed by atoms with van der Waals surface area (Å²) < 4.78 is 42.5. The number of nitrogens with zero attached hydrogens (tertiary/aromatic N) is 1. The van der Waals surface area contributed by atoms with Crippen molar-refractivity contribution in [3.8, 4) is 0 Å². The summed E-state index contributed by atoms with van der Waals surface area (Å²) in [6.07, 6.45) is 1.18. The van der Waals surface area contributed by atoms with Gasteiger partial charge in [-0.1, -0.05) is 30.7 Å². The van der Waals surface area contributed by atoms with Gasteiger partial charge in [-0.2, -0.15) is 0 Å². The molecule has 3 rings (SSSR count). The van der Waals surface area contributed by atoms with Crippen molar-refractivity contribution in [3.05, 3.63) is 34.6 Å². The van der Waals surface area contributed by atoms with Gasteiger partial charge in [-0.05, 0) is 37.3 Å². The highest BCUT2D eigenvalue weighted by atomic mass is 35.5. The highest BCUT2D eigenvalue weighted by Crippen LogP contribution is 2.43. The SMILES string of the molecule is C[C@@H]1[C@H](Cc2cccc(Cl)c2F)N(C(=O)C2(O)CCC2)CC1(F)F. The molecule has 0 radical (unpaired) electrons. The number of benzene rings is 1. The second-order valence-corrected chi connectivity index (χ2v) is 7.26. The van der Waals surface area contributed by atoms with Gasteiger partial charge in [0.25, 0.3) is 11.8 Å². The zero-order chi connectivity index (χ0) is 17.7. The third kappa shape index (κ3) is 2.80. The molecular formula is C17H19ClF3NO2. The fourth-order valence-corrected chi connectivity index (χ4v) is 3.67. The lowest BCUT2D eigenvalue weighted by Gasteiger charge is -2.40. The molecule has 132 valence electrons. The minimum atomic E-state index is -3.07. The number of rotatable bonds is 3. The molecule has 0 unspecified atom stereocenters. The second kappa shape index (κ2) is 5.92. The van der Waals surface area contributed by atoms with Crippen LogP contribution in [0.2, 0.25) is 5.02 Å². The zero-order valence-corrected chi connectivity index (χ0v) is 14.0. The van der Waals surface area contributed by atoms with Crippen LogP contribution in [0.15, 0.2) is 18.2 Å². The Hall–Kier alpha value is -1.27. The molecule has 1 saturated carbocycles. The molecule has 2 atom stereocenters. The molecule has 7 heteroatoms. The first kappa shape index (κ1) is 17.5. The Kier molecular flexibility index (Phi) is 4.33. The van der Waals surface area contributed by atoms with Crippen molar-refractivity contribution in [2.24, 2.45) is 5.92 Å². The number of hydrogen-bond acceptors (Lipinski definition) is 2. The van der Waals surface area contributed by atoms with Crippen molar-refractivity contribution in [2.75, 3.05) is 6.54 Å². The molecular weight excluding hydrogens is 343 g/mol. The lowest BCUT2D eigenvalue weighted by Crippen LogP contribution is -2.55. The van der Waals surface area contributed by atoms with Gasteiger partial charge in [-0.3, -0.25) is 4.79 Å². The minimum absolute atomic E-state index is 0.0645. The highest BCUT2D eigenvalue weighted by Gasteiger charge is 2.57. The molecule has 2 aliphatic rings. The largest absolute Gasteiger partial charge is 0.380 e. The third-order valence-electron chi connectivity index (χ3n) is 5.33. The second-order valence-electron chi connectivity index (χ2n) is 6.85. The molecule has 0 aromatic heterocycles. The van der Waals surface area contributed by atoms with Gasteiger partial charge in [-0.25, -0.2) is 13.2 Å².